The van der Waals surface area contributed by atoms with E-state index in [4.69, 9.17) is 23.2 Å². The van der Waals surface area contributed by atoms with Crippen LogP contribution in [0.25, 0.3) is 11.1 Å². The summed E-state index contributed by atoms with van der Waals surface area (Å²) in [5, 5.41) is 20.9. The number of pyridine rings is 1. The minimum absolute atomic E-state index is 0.0338. The number of aromatic hydroxyl groups is 1. The van der Waals surface area contributed by atoms with Crippen molar-refractivity contribution in [3.63, 3.8) is 0 Å². The molecular formula is C28H22Cl2N2O3S. The number of aromatic nitrogens is 1. The number of carbonyl (C=O) groups is 1. The van der Waals surface area contributed by atoms with E-state index in [-0.39, 0.29) is 22.9 Å². The minimum Gasteiger partial charge on any atom is -0.508 e. The maximum absolute atomic E-state index is 13.3. The number of aliphatic hydroxyl groups is 1. The number of amides is 1. The standard InChI is InChI=1S/C28H22Cl2N2O3S/c29-23-12-7-19(14-24(23)30)25(34)16-36-27-26(18-5-10-22(33)11-6-18)32(28(27)35)21-8-3-17(4-9-21)20-2-1-13-31-15-20/h1-15,25-27,33-34H,16H2/t25-,26+,27+/m0/s1. The summed E-state index contributed by atoms with van der Waals surface area (Å²) in [4.78, 5) is 19.3. The normalized spacial score (nSPS) is 18.1. The molecular weight excluding hydrogens is 515 g/mol. The Labute approximate surface area is 223 Å². The average molecular weight is 537 g/mol. The first kappa shape index (κ1) is 24.7. The van der Waals surface area contributed by atoms with Crippen molar-refractivity contribution in [2.24, 2.45) is 0 Å². The van der Waals surface area contributed by atoms with Crippen molar-refractivity contribution in [3.8, 4) is 16.9 Å². The Morgan fingerprint density at radius 1 is 0.944 bits per heavy atom. The third-order valence-electron chi connectivity index (χ3n) is 6.18. The van der Waals surface area contributed by atoms with Crippen molar-refractivity contribution >= 4 is 46.6 Å². The number of phenolic OH excluding ortho intramolecular Hbond substituents is 1. The summed E-state index contributed by atoms with van der Waals surface area (Å²) >= 11 is 13.5. The Kier molecular flexibility index (Phi) is 7.21. The van der Waals surface area contributed by atoms with Crippen molar-refractivity contribution in [1.29, 1.82) is 0 Å². The van der Waals surface area contributed by atoms with Crippen LogP contribution in [0.4, 0.5) is 5.69 Å². The molecule has 3 atom stereocenters. The number of anilines is 1. The van der Waals surface area contributed by atoms with Gasteiger partial charge in [0.2, 0.25) is 5.91 Å². The quantitative estimate of drug-likeness (QED) is 0.257. The molecule has 182 valence electrons. The Morgan fingerprint density at radius 2 is 1.69 bits per heavy atom. The lowest BCUT2D eigenvalue weighted by Gasteiger charge is -2.47. The maximum Gasteiger partial charge on any atom is 0.243 e. The van der Waals surface area contributed by atoms with Gasteiger partial charge in [-0.05, 0) is 64.7 Å². The van der Waals surface area contributed by atoms with Crippen LogP contribution in [0.15, 0.2) is 91.3 Å². The maximum atomic E-state index is 13.3. The first-order valence-corrected chi connectivity index (χ1v) is 13.1. The number of halogens is 2. The molecule has 5 rings (SSSR count). The molecule has 0 unspecified atom stereocenters. The van der Waals surface area contributed by atoms with Crippen molar-refractivity contribution in [3.05, 3.63) is 112 Å². The summed E-state index contributed by atoms with van der Waals surface area (Å²) in [6.45, 7) is 0. The number of phenols is 1. The van der Waals surface area contributed by atoms with Gasteiger partial charge in [-0.1, -0.05) is 59.6 Å². The van der Waals surface area contributed by atoms with Crippen LogP contribution in [-0.2, 0) is 4.79 Å². The third kappa shape index (κ3) is 4.95. The van der Waals surface area contributed by atoms with Gasteiger partial charge in [0.15, 0.2) is 0 Å². The molecule has 1 saturated heterocycles. The van der Waals surface area contributed by atoms with Crippen molar-refractivity contribution < 1.29 is 15.0 Å². The fraction of sp³-hybridized carbons (Fsp3) is 0.143. The van der Waals surface area contributed by atoms with Crippen LogP contribution in [-0.4, -0.2) is 32.1 Å². The Hall–Kier alpha value is -3.03. The van der Waals surface area contributed by atoms with Gasteiger partial charge in [-0.25, -0.2) is 0 Å². The Balaban J connectivity index is 1.37. The lowest BCUT2D eigenvalue weighted by Crippen LogP contribution is -2.57. The lowest BCUT2D eigenvalue weighted by molar-refractivity contribution is -0.123. The minimum atomic E-state index is -0.800. The number of nitrogens with zero attached hydrogens (tertiary/aromatic N) is 2. The molecule has 1 aliphatic heterocycles. The highest BCUT2D eigenvalue weighted by molar-refractivity contribution is 8.00. The molecule has 0 saturated carbocycles. The number of carbonyl (C=O) groups excluding carboxylic acids is 1. The number of hydrogen-bond donors (Lipinski definition) is 2. The molecule has 3 aromatic carbocycles. The zero-order valence-corrected chi connectivity index (χ0v) is 21.3. The fourth-order valence-corrected chi connectivity index (χ4v) is 5.87. The first-order chi connectivity index (χ1) is 17.4. The highest BCUT2D eigenvalue weighted by atomic mass is 35.5. The van der Waals surface area contributed by atoms with Gasteiger partial charge in [0, 0.05) is 23.8 Å². The van der Waals surface area contributed by atoms with E-state index in [1.807, 2.05) is 48.5 Å². The molecule has 0 radical (unpaired) electrons. The molecule has 1 aliphatic rings. The smallest absolute Gasteiger partial charge is 0.243 e. The van der Waals surface area contributed by atoms with E-state index >= 15 is 0 Å². The second-order valence-electron chi connectivity index (χ2n) is 8.48. The van der Waals surface area contributed by atoms with Gasteiger partial charge in [-0.15, -0.1) is 11.8 Å². The fourth-order valence-electron chi connectivity index (χ4n) is 4.27. The summed E-state index contributed by atoms with van der Waals surface area (Å²) in [6.07, 6.45) is 2.73. The summed E-state index contributed by atoms with van der Waals surface area (Å²) in [7, 11) is 0. The monoisotopic (exact) mass is 536 g/mol. The van der Waals surface area contributed by atoms with E-state index in [0.717, 1.165) is 22.4 Å². The van der Waals surface area contributed by atoms with Crippen LogP contribution in [0.2, 0.25) is 10.0 Å². The molecule has 1 aromatic heterocycles. The van der Waals surface area contributed by atoms with Crippen molar-refractivity contribution in [2.45, 2.75) is 17.4 Å². The Morgan fingerprint density at radius 3 is 2.36 bits per heavy atom. The van der Waals surface area contributed by atoms with E-state index in [1.165, 1.54) is 11.8 Å². The molecule has 0 bridgehead atoms. The number of aliphatic hydroxyl groups excluding tert-OH is 1. The molecule has 0 spiro atoms. The van der Waals surface area contributed by atoms with Crippen LogP contribution in [0, 0.1) is 0 Å². The molecule has 2 N–H and O–H groups in total. The SMILES string of the molecule is O=C1[C@H](SC[C@H](O)c2ccc(Cl)c(Cl)c2)[C@@H](c2ccc(O)cc2)N1c1ccc(-c2cccnc2)cc1. The van der Waals surface area contributed by atoms with E-state index in [0.29, 0.717) is 21.4 Å². The number of thioether (sulfide) groups is 1. The summed E-state index contributed by atoms with van der Waals surface area (Å²) in [6, 6.07) is 23.4. The largest absolute Gasteiger partial charge is 0.508 e. The second kappa shape index (κ2) is 10.5. The highest BCUT2D eigenvalue weighted by Crippen LogP contribution is 2.46. The predicted molar refractivity (Wildman–Crippen MR) is 146 cm³/mol. The summed E-state index contributed by atoms with van der Waals surface area (Å²) in [5.41, 5.74) is 4.35. The van der Waals surface area contributed by atoms with E-state index in [1.54, 1.807) is 47.6 Å². The number of hydrogen-bond acceptors (Lipinski definition) is 5. The number of β-lactam (4-membered cyclic amide) rings is 1. The average Bonchev–Trinajstić information content (AvgIpc) is 2.90. The van der Waals surface area contributed by atoms with Crippen LogP contribution in [0.5, 0.6) is 5.75 Å². The van der Waals surface area contributed by atoms with Crippen LogP contribution in [0.3, 0.4) is 0 Å². The van der Waals surface area contributed by atoms with Gasteiger partial charge in [0.1, 0.15) is 11.0 Å². The number of benzene rings is 3. The molecule has 1 fully saturated rings. The molecule has 1 amide bonds. The highest BCUT2D eigenvalue weighted by Gasteiger charge is 2.49. The van der Waals surface area contributed by atoms with Crippen molar-refractivity contribution in [2.75, 3.05) is 10.7 Å². The zero-order chi connectivity index (χ0) is 25.2. The van der Waals surface area contributed by atoms with E-state index < -0.39 is 6.10 Å². The van der Waals surface area contributed by atoms with Gasteiger partial charge in [-0.3, -0.25) is 9.78 Å². The predicted octanol–water partition coefficient (Wildman–Crippen LogP) is 6.68. The van der Waals surface area contributed by atoms with Crippen LogP contribution in [0.1, 0.15) is 23.3 Å². The zero-order valence-electron chi connectivity index (χ0n) is 19.0. The number of rotatable bonds is 7. The second-order valence-corrected chi connectivity index (χ2v) is 10.5. The molecule has 36 heavy (non-hydrogen) atoms. The van der Waals surface area contributed by atoms with Crippen LogP contribution < -0.4 is 4.90 Å². The molecule has 2 heterocycles. The van der Waals surface area contributed by atoms with Gasteiger partial charge in [-0.2, -0.15) is 0 Å². The van der Waals surface area contributed by atoms with Crippen LogP contribution >= 0.6 is 35.0 Å². The Bertz CT molecular complexity index is 1370. The molecule has 8 heteroatoms. The first-order valence-electron chi connectivity index (χ1n) is 11.3. The molecule has 0 aliphatic carbocycles. The summed E-state index contributed by atoms with van der Waals surface area (Å²) in [5.74, 6) is 0.445. The lowest BCUT2D eigenvalue weighted by atomic mass is 9.92. The topological polar surface area (TPSA) is 73.7 Å². The van der Waals surface area contributed by atoms with Gasteiger partial charge >= 0.3 is 0 Å². The van der Waals surface area contributed by atoms with Gasteiger partial charge in [0.05, 0.1) is 22.2 Å². The van der Waals surface area contributed by atoms with E-state index in [2.05, 4.69) is 4.98 Å². The van der Waals surface area contributed by atoms with Gasteiger partial charge < -0.3 is 15.1 Å². The van der Waals surface area contributed by atoms with E-state index in [9.17, 15) is 15.0 Å². The third-order valence-corrected chi connectivity index (χ3v) is 8.25. The van der Waals surface area contributed by atoms with Gasteiger partial charge in [0.25, 0.3) is 0 Å². The van der Waals surface area contributed by atoms with Crippen molar-refractivity contribution in [1.82, 2.24) is 4.98 Å². The summed E-state index contributed by atoms with van der Waals surface area (Å²) < 4.78 is 0. The molecule has 4 aromatic rings. The molecule has 5 nitrogen and oxygen atoms in total.